The topological polar surface area (TPSA) is 7.76 Å². The third kappa shape index (κ3) is 4.79. The molecule has 0 amide bonds. The first kappa shape index (κ1) is 22.7. The number of aryl methyl sites for hydroxylation is 5. The van der Waals surface area contributed by atoms with E-state index in [9.17, 15) is 0 Å². The lowest BCUT2D eigenvalue weighted by atomic mass is 9.96. The Labute approximate surface area is 208 Å². The van der Waals surface area contributed by atoms with Gasteiger partial charge in [0.15, 0.2) is 18.9 Å². The molecule has 2 aromatic heterocycles. The molecule has 0 bridgehead atoms. The van der Waals surface area contributed by atoms with E-state index >= 15 is 0 Å². The van der Waals surface area contributed by atoms with Gasteiger partial charge in [0.2, 0.25) is 11.4 Å². The van der Waals surface area contributed by atoms with Crippen molar-refractivity contribution in [2.75, 3.05) is 0 Å². The molecule has 0 saturated carbocycles. The minimum absolute atomic E-state index is 0.910. The summed E-state index contributed by atoms with van der Waals surface area (Å²) in [5.74, 6) is 0. The smallest absolute Gasteiger partial charge is 0.201 e. The summed E-state index contributed by atoms with van der Waals surface area (Å²) in [5.41, 5.74) is 11.6. The van der Waals surface area contributed by atoms with Gasteiger partial charge in [-0.15, -0.1) is 0 Å². The number of nitrogens with zero attached hydrogens (tertiary/aromatic N) is 2. The van der Waals surface area contributed by atoms with Crippen molar-refractivity contribution >= 4 is 0 Å². The summed E-state index contributed by atoms with van der Waals surface area (Å²) in [6.07, 6.45) is 5.40. The fraction of sp³-hybridized carbons (Fsp3) is 0.152. The van der Waals surface area contributed by atoms with Crippen LogP contribution in [0, 0.1) is 13.8 Å². The Morgan fingerprint density at radius 2 is 1.29 bits per heavy atom. The summed E-state index contributed by atoms with van der Waals surface area (Å²) in [7, 11) is 2.11. The molecule has 0 aliphatic heterocycles. The minimum atomic E-state index is 0.910. The molecule has 0 atom stereocenters. The zero-order chi connectivity index (χ0) is 24.2. The monoisotopic (exact) mass is 456 g/mol. The van der Waals surface area contributed by atoms with Crippen LogP contribution in [0.2, 0.25) is 0 Å². The predicted octanol–water partition coefficient (Wildman–Crippen LogP) is 6.66. The Bertz CT molecular complexity index is 1470. The SMILES string of the molecule is Cc1c[n+](CCc2ccccc2-c2cccc[n+]2C)c(-c2ccccc2C)cc1-c1ccccc1. The van der Waals surface area contributed by atoms with E-state index in [1.54, 1.807) is 0 Å². The van der Waals surface area contributed by atoms with Crippen molar-refractivity contribution in [2.45, 2.75) is 26.8 Å². The van der Waals surface area contributed by atoms with Crippen molar-refractivity contribution in [3.8, 4) is 33.6 Å². The first-order valence-electron chi connectivity index (χ1n) is 12.3. The van der Waals surface area contributed by atoms with Crippen molar-refractivity contribution in [1.82, 2.24) is 0 Å². The summed E-state index contributed by atoms with van der Waals surface area (Å²) in [6, 6.07) is 36.9. The van der Waals surface area contributed by atoms with E-state index in [2.05, 4.69) is 146 Å². The van der Waals surface area contributed by atoms with Gasteiger partial charge < -0.3 is 0 Å². The molecule has 2 nitrogen and oxygen atoms in total. The maximum atomic E-state index is 2.44. The van der Waals surface area contributed by atoms with Gasteiger partial charge in [0, 0.05) is 41.3 Å². The van der Waals surface area contributed by atoms with Crippen molar-refractivity contribution < 1.29 is 9.13 Å². The Balaban J connectivity index is 1.57. The fourth-order valence-corrected chi connectivity index (χ4v) is 4.95. The summed E-state index contributed by atoms with van der Waals surface area (Å²) in [6.45, 7) is 5.33. The molecule has 2 heteroatoms. The molecule has 0 saturated heterocycles. The van der Waals surface area contributed by atoms with Crippen LogP contribution in [-0.4, -0.2) is 0 Å². The van der Waals surface area contributed by atoms with Gasteiger partial charge >= 0.3 is 0 Å². The second kappa shape index (κ2) is 10.1. The second-order valence-electron chi connectivity index (χ2n) is 9.23. The van der Waals surface area contributed by atoms with E-state index in [4.69, 9.17) is 0 Å². The van der Waals surface area contributed by atoms with Crippen LogP contribution >= 0.6 is 0 Å². The van der Waals surface area contributed by atoms with Gasteiger partial charge in [-0.1, -0.05) is 66.7 Å². The molecule has 35 heavy (non-hydrogen) atoms. The van der Waals surface area contributed by atoms with Crippen molar-refractivity contribution in [3.63, 3.8) is 0 Å². The van der Waals surface area contributed by atoms with Gasteiger partial charge in [-0.05, 0) is 54.3 Å². The van der Waals surface area contributed by atoms with Crippen LogP contribution in [0.25, 0.3) is 33.6 Å². The quantitative estimate of drug-likeness (QED) is 0.252. The highest BCUT2D eigenvalue weighted by Gasteiger charge is 2.20. The average molecular weight is 457 g/mol. The summed E-state index contributed by atoms with van der Waals surface area (Å²) in [5, 5.41) is 0. The summed E-state index contributed by atoms with van der Waals surface area (Å²) >= 11 is 0. The average Bonchev–Trinajstić information content (AvgIpc) is 2.89. The predicted molar refractivity (Wildman–Crippen MR) is 144 cm³/mol. The minimum Gasteiger partial charge on any atom is -0.201 e. The van der Waals surface area contributed by atoms with E-state index in [0.29, 0.717) is 0 Å². The zero-order valence-electron chi connectivity index (χ0n) is 20.8. The van der Waals surface area contributed by atoms with Gasteiger partial charge in [0.05, 0.1) is 0 Å². The lowest BCUT2D eigenvalue weighted by Gasteiger charge is -2.13. The molecule has 0 aliphatic rings. The zero-order valence-corrected chi connectivity index (χ0v) is 20.8. The number of pyridine rings is 2. The van der Waals surface area contributed by atoms with Gasteiger partial charge in [0.1, 0.15) is 7.05 Å². The molecule has 0 aliphatic carbocycles. The number of hydrogen-bond acceptors (Lipinski definition) is 0. The Morgan fingerprint density at radius 1 is 0.600 bits per heavy atom. The van der Waals surface area contributed by atoms with Crippen LogP contribution in [0.15, 0.2) is 116 Å². The van der Waals surface area contributed by atoms with Crippen LogP contribution in [0.4, 0.5) is 0 Å². The maximum absolute atomic E-state index is 2.44. The normalized spacial score (nSPS) is 10.9. The van der Waals surface area contributed by atoms with E-state index in [1.165, 1.54) is 50.3 Å². The van der Waals surface area contributed by atoms with Crippen LogP contribution in [-0.2, 0) is 20.0 Å². The van der Waals surface area contributed by atoms with Crippen LogP contribution in [0.3, 0.4) is 0 Å². The molecular weight excluding hydrogens is 424 g/mol. The number of hydrogen-bond donors (Lipinski definition) is 0. The Morgan fingerprint density at radius 3 is 2.06 bits per heavy atom. The van der Waals surface area contributed by atoms with Crippen LogP contribution in [0.1, 0.15) is 16.7 Å². The van der Waals surface area contributed by atoms with E-state index in [0.717, 1.165) is 13.0 Å². The third-order valence-electron chi connectivity index (χ3n) is 6.84. The van der Waals surface area contributed by atoms with E-state index in [-0.39, 0.29) is 0 Å². The van der Waals surface area contributed by atoms with Gasteiger partial charge in [0.25, 0.3) is 0 Å². The molecule has 2 heterocycles. The first-order chi connectivity index (χ1) is 17.1. The Hall–Kier alpha value is -4.04. The number of aromatic nitrogens is 2. The largest absolute Gasteiger partial charge is 0.213 e. The molecule has 3 aromatic carbocycles. The molecule has 5 aromatic rings. The highest BCUT2D eigenvalue weighted by atomic mass is 15.0. The Kier molecular flexibility index (Phi) is 6.54. The number of rotatable bonds is 6. The third-order valence-corrected chi connectivity index (χ3v) is 6.84. The number of benzene rings is 3. The molecule has 172 valence electrons. The summed E-state index contributed by atoms with van der Waals surface area (Å²) < 4.78 is 4.63. The lowest BCUT2D eigenvalue weighted by Crippen LogP contribution is -2.38. The van der Waals surface area contributed by atoms with Gasteiger partial charge in [-0.2, -0.15) is 4.57 Å². The van der Waals surface area contributed by atoms with Crippen LogP contribution < -0.4 is 9.13 Å². The molecule has 0 radical (unpaired) electrons. The van der Waals surface area contributed by atoms with E-state index < -0.39 is 0 Å². The lowest BCUT2D eigenvalue weighted by molar-refractivity contribution is -0.686. The molecular formula is C33H32N2+2. The van der Waals surface area contributed by atoms with Gasteiger partial charge in [-0.25, -0.2) is 4.57 Å². The fourth-order valence-electron chi connectivity index (χ4n) is 4.95. The molecule has 0 unspecified atom stereocenters. The standard InChI is InChI=1S/C33H32N2/c1-25-13-7-9-17-29(25)33-23-31(27-14-5-4-6-15-27)26(2)24-35(33)22-20-28-16-8-10-18-30(28)32-19-11-12-21-34(32)3/h4-19,21,23-24H,20,22H2,1-3H3/q+2. The molecule has 0 N–H and O–H groups in total. The van der Waals surface area contributed by atoms with Gasteiger partial charge in [-0.3, -0.25) is 0 Å². The second-order valence-corrected chi connectivity index (χ2v) is 9.23. The highest BCUT2D eigenvalue weighted by molar-refractivity contribution is 5.72. The van der Waals surface area contributed by atoms with Crippen molar-refractivity contribution in [1.29, 1.82) is 0 Å². The molecule has 0 fully saturated rings. The molecule has 5 rings (SSSR count). The van der Waals surface area contributed by atoms with Crippen molar-refractivity contribution in [3.05, 3.63) is 132 Å². The van der Waals surface area contributed by atoms with Crippen LogP contribution in [0.5, 0.6) is 0 Å². The summed E-state index contributed by atoms with van der Waals surface area (Å²) in [4.78, 5) is 0. The van der Waals surface area contributed by atoms with Crippen molar-refractivity contribution in [2.24, 2.45) is 7.05 Å². The maximum Gasteiger partial charge on any atom is 0.213 e. The highest BCUT2D eigenvalue weighted by Crippen LogP contribution is 2.29. The molecule has 0 spiro atoms. The van der Waals surface area contributed by atoms with E-state index in [1.807, 2.05) is 0 Å². The first-order valence-corrected chi connectivity index (χ1v) is 12.3.